The van der Waals surface area contributed by atoms with Crippen LogP contribution in [-0.2, 0) is 14.8 Å². The molecular weight excluding hydrogens is 350 g/mol. The molecule has 1 aliphatic heterocycles. The molecule has 1 amide bonds. The molecule has 2 rings (SSSR count). The maximum atomic E-state index is 12.8. The number of anilines is 1. The average molecular weight is 374 g/mol. The van der Waals surface area contributed by atoms with Gasteiger partial charge in [0.15, 0.2) is 0 Å². The van der Waals surface area contributed by atoms with Gasteiger partial charge in [0.25, 0.3) is 0 Å². The van der Waals surface area contributed by atoms with E-state index in [2.05, 4.69) is 4.90 Å². The molecule has 0 aliphatic carbocycles. The molecule has 0 N–H and O–H groups in total. The fraction of sp³-hybridized carbons (Fsp3) is 0.562. The third-order valence-corrected chi connectivity index (χ3v) is 5.94. The van der Waals surface area contributed by atoms with Gasteiger partial charge in [-0.1, -0.05) is 17.7 Å². The van der Waals surface area contributed by atoms with Crippen molar-refractivity contribution < 1.29 is 13.2 Å². The molecule has 1 aliphatic rings. The normalized spacial score (nSPS) is 17.6. The van der Waals surface area contributed by atoms with Gasteiger partial charge in [0.1, 0.15) is 6.04 Å². The highest BCUT2D eigenvalue weighted by atomic mass is 35.5. The van der Waals surface area contributed by atoms with Crippen LogP contribution in [0.4, 0.5) is 5.69 Å². The molecule has 1 fully saturated rings. The SMILES string of the molecule is Cc1ccc(N([C@H](C)C(=O)N2CCN(C)CC2)S(C)(=O)=O)cc1Cl. The Labute approximate surface area is 149 Å². The van der Waals surface area contributed by atoms with Crippen LogP contribution in [0.3, 0.4) is 0 Å². The molecular formula is C16H24ClN3O3S. The van der Waals surface area contributed by atoms with Crippen LogP contribution in [0, 0.1) is 6.92 Å². The third kappa shape index (κ3) is 4.20. The first-order valence-corrected chi connectivity index (χ1v) is 10.1. The van der Waals surface area contributed by atoms with Gasteiger partial charge in [-0.05, 0) is 38.6 Å². The van der Waals surface area contributed by atoms with Crippen molar-refractivity contribution in [2.24, 2.45) is 0 Å². The summed E-state index contributed by atoms with van der Waals surface area (Å²) in [5, 5.41) is 0.473. The van der Waals surface area contributed by atoms with Crippen molar-refractivity contribution in [2.75, 3.05) is 43.8 Å². The van der Waals surface area contributed by atoms with Gasteiger partial charge in [0.05, 0.1) is 11.9 Å². The summed E-state index contributed by atoms with van der Waals surface area (Å²) in [7, 11) is -1.62. The molecule has 0 spiro atoms. The molecule has 0 bridgehead atoms. The van der Waals surface area contributed by atoms with Gasteiger partial charge < -0.3 is 9.80 Å². The number of hydrogen-bond acceptors (Lipinski definition) is 4. The van der Waals surface area contributed by atoms with Gasteiger partial charge in [-0.15, -0.1) is 0 Å². The van der Waals surface area contributed by atoms with Crippen LogP contribution in [0.5, 0.6) is 0 Å². The fourth-order valence-electron chi connectivity index (χ4n) is 2.81. The molecule has 1 saturated heterocycles. The number of piperazine rings is 1. The van der Waals surface area contributed by atoms with E-state index >= 15 is 0 Å². The number of hydrogen-bond donors (Lipinski definition) is 0. The van der Waals surface area contributed by atoms with E-state index < -0.39 is 16.1 Å². The lowest BCUT2D eigenvalue weighted by Gasteiger charge is -2.37. The number of likely N-dealkylation sites (N-methyl/N-ethyl adjacent to an activating group) is 1. The molecule has 1 aromatic rings. The van der Waals surface area contributed by atoms with Crippen molar-refractivity contribution in [2.45, 2.75) is 19.9 Å². The molecule has 1 aromatic carbocycles. The van der Waals surface area contributed by atoms with Gasteiger partial charge >= 0.3 is 0 Å². The predicted octanol–water partition coefficient (Wildman–Crippen LogP) is 1.58. The zero-order valence-corrected chi connectivity index (χ0v) is 16.1. The minimum Gasteiger partial charge on any atom is -0.338 e. The molecule has 0 saturated carbocycles. The van der Waals surface area contributed by atoms with Crippen molar-refractivity contribution in [3.05, 3.63) is 28.8 Å². The molecule has 6 nitrogen and oxygen atoms in total. The quantitative estimate of drug-likeness (QED) is 0.803. The number of carbonyl (C=O) groups excluding carboxylic acids is 1. The Morgan fingerprint density at radius 2 is 1.83 bits per heavy atom. The summed E-state index contributed by atoms with van der Waals surface area (Å²) in [4.78, 5) is 16.6. The molecule has 24 heavy (non-hydrogen) atoms. The highest BCUT2D eigenvalue weighted by Crippen LogP contribution is 2.27. The van der Waals surface area contributed by atoms with Crippen molar-refractivity contribution in [1.82, 2.24) is 9.80 Å². The Bertz CT molecular complexity index is 715. The second kappa shape index (κ2) is 7.29. The number of benzene rings is 1. The summed E-state index contributed by atoms with van der Waals surface area (Å²) < 4.78 is 25.8. The summed E-state index contributed by atoms with van der Waals surface area (Å²) in [6.07, 6.45) is 1.11. The topological polar surface area (TPSA) is 60.9 Å². The van der Waals surface area contributed by atoms with Gasteiger partial charge in [-0.3, -0.25) is 9.10 Å². The average Bonchev–Trinajstić information content (AvgIpc) is 2.49. The third-order valence-electron chi connectivity index (χ3n) is 4.29. The number of rotatable bonds is 4. The van der Waals surface area contributed by atoms with Crippen LogP contribution in [0.1, 0.15) is 12.5 Å². The standard InChI is InChI=1S/C16H24ClN3O3S/c1-12-5-6-14(11-15(12)17)20(24(4,22)23)13(2)16(21)19-9-7-18(3)8-10-19/h5-6,11,13H,7-10H2,1-4H3/t13-/m1/s1. The van der Waals surface area contributed by atoms with E-state index in [0.29, 0.717) is 23.8 Å². The summed E-state index contributed by atoms with van der Waals surface area (Å²) in [6, 6.07) is 4.20. The lowest BCUT2D eigenvalue weighted by Crippen LogP contribution is -2.54. The molecule has 8 heteroatoms. The van der Waals surface area contributed by atoms with E-state index in [1.807, 2.05) is 14.0 Å². The molecule has 1 atom stereocenters. The Balaban J connectivity index is 2.30. The second-order valence-corrected chi connectivity index (χ2v) is 8.56. The van der Waals surface area contributed by atoms with E-state index in [-0.39, 0.29) is 5.91 Å². The predicted molar refractivity (Wildman–Crippen MR) is 97.1 cm³/mol. The van der Waals surface area contributed by atoms with Gasteiger partial charge in [0.2, 0.25) is 15.9 Å². The van der Waals surface area contributed by atoms with Crippen molar-refractivity contribution in [3.8, 4) is 0 Å². The minimum absolute atomic E-state index is 0.190. The molecule has 0 radical (unpaired) electrons. The first-order chi connectivity index (χ1) is 11.1. The second-order valence-electron chi connectivity index (χ2n) is 6.30. The minimum atomic E-state index is -3.62. The number of amides is 1. The monoisotopic (exact) mass is 373 g/mol. The van der Waals surface area contributed by atoms with Gasteiger partial charge in [0, 0.05) is 31.2 Å². The van der Waals surface area contributed by atoms with Crippen molar-refractivity contribution in [1.29, 1.82) is 0 Å². The molecule has 0 unspecified atom stereocenters. The highest BCUT2D eigenvalue weighted by molar-refractivity contribution is 7.92. The van der Waals surface area contributed by atoms with E-state index in [9.17, 15) is 13.2 Å². The van der Waals surface area contributed by atoms with Crippen molar-refractivity contribution >= 4 is 33.2 Å². The van der Waals surface area contributed by atoms with Crippen LogP contribution in [-0.4, -0.2) is 69.6 Å². The van der Waals surface area contributed by atoms with E-state index in [1.165, 1.54) is 0 Å². The number of halogens is 1. The zero-order chi connectivity index (χ0) is 18.1. The highest BCUT2D eigenvalue weighted by Gasteiger charge is 2.33. The fourth-order valence-corrected chi connectivity index (χ4v) is 4.15. The smallest absolute Gasteiger partial charge is 0.246 e. The number of carbonyl (C=O) groups is 1. The van der Waals surface area contributed by atoms with Crippen LogP contribution >= 0.6 is 11.6 Å². The zero-order valence-electron chi connectivity index (χ0n) is 14.5. The van der Waals surface area contributed by atoms with Crippen molar-refractivity contribution in [3.63, 3.8) is 0 Å². The lowest BCUT2D eigenvalue weighted by atomic mass is 10.2. The summed E-state index contributed by atoms with van der Waals surface area (Å²) >= 11 is 6.13. The van der Waals surface area contributed by atoms with E-state index in [1.54, 1.807) is 30.0 Å². The summed E-state index contributed by atoms with van der Waals surface area (Å²) in [5.41, 5.74) is 1.26. The Morgan fingerprint density at radius 3 is 2.33 bits per heavy atom. The molecule has 0 aromatic heterocycles. The summed E-state index contributed by atoms with van der Waals surface area (Å²) in [5.74, 6) is -0.190. The number of nitrogens with zero attached hydrogens (tertiary/aromatic N) is 3. The molecule has 134 valence electrons. The van der Waals surface area contributed by atoms with Crippen LogP contribution in [0.15, 0.2) is 18.2 Å². The first kappa shape index (κ1) is 19.0. The maximum Gasteiger partial charge on any atom is 0.246 e. The maximum absolute atomic E-state index is 12.8. The van der Waals surface area contributed by atoms with Crippen LogP contribution < -0.4 is 4.31 Å². The lowest BCUT2D eigenvalue weighted by molar-refractivity contribution is -0.133. The Hall–Kier alpha value is -1.31. The van der Waals surface area contributed by atoms with Gasteiger partial charge in [-0.25, -0.2) is 8.42 Å². The van der Waals surface area contributed by atoms with Crippen LogP contribution in [0.2, 0.25) is 5.02 Å². The van der Waals surface area contributed by atoms with E-state index in [0.717, 1.165) is 29.2 Å². The Kier molecular flexibility index (Phi) is 5.78. The Morgan fingerprint density at radius 1 is 1.25 bits per heavy atom. The number of sulfonamides is 1. The summed E-state index contributed by atoms with van der Waals surface area (Å²) in [6.45, 7) is 6.24. The number of aryl methyl sites for hydroxylation is 1. The van der Waals surface area contributed by atoms with E-state index in [4.69, 9.17) is 11.6 Å². The van der Waals surface area contributed by atoms with Gasteiger partial charge in [-0.2, -0.15) is 0 Å². The molecule has 1 heterocycles. The largest absolute Gasteiger partial charge is 0.338 e. The first-order valence-electron chi connectivity index (χ1n) is 7.84. The van der Waals surface area contributed by atoms with Crippen LogP contribution in [0.25, 0.3) is 0 Å².